The first kappa shape index (κ1) is 29.2. The van der Waals surface area contributed by atoms with Crippen molar-refractivity contribution < 1.29 is 18.3 Å². The molecule has 3 aromatic rings. The fourth-order valence-corrected chi connectivity index (χ4v) is 5.60. The minimum Gasteiger partial charge on any atom is -0.378 e. The molecule has 5 rings (SSSR count). The number of carbonyl (C=O) groups is 1. The van der Waals surface area contributed by atoms with Gasteiger partial charge in [-0.15, -0.1) is 0 Å². The van der Waals surface area contributed by atoms with E-state index in [1.165, 1.54) is 18.2 Å². The Kier molecular flexibility index (Phi) is 8.72. The van der Waals surface area contributed by atoms with E-state index in [1.54, 1.807) is 25.4 Å². The van der Waals surface area contributed by atoms with Gasteiger partial charge in [0.15, 0.2) is 0 Å². The lowest BCUT2D eigenvalue weighted by molar-refractivity contribution is 0.102. The summed E-state index contributed by atoms with van der Waals surface area (Å²) in [5.41, 5.74) is 2.33. The first-order valence-electron chi connectivity index (χ1n) is 13.9. The molecule has 0 saturated carbocycles. The van der Waals surface area contributed by atoms with E-state index < -0.39 is 17.5 Å². The van der Waals surface area contributed by atoms with Crippen molar-refractivity contribution in [2.45, 2.75) is 39.3 Å². The number of aromatic nitrogens is 2. The van der Waals surface area contributed by atoms with Gasteiger partial charge >= 0.3 is 0 Å². The quantitative estimate of drug-likeness (QED) is 0.424. The lowest BCUT2D eigenvalue weighted by atomic mass is 10.0. The molecular weight excluding hydrogens is 550 g/mol. The van der Waals surface area contributed by atoms with Gasteiger partial charge < -0.3 is 19.9 Å². The van der Waals surface area contributed by atoms with Crippen molar-refractivity contribution in [2.75, 3.05) is 61.6 Å². The van der Waals surface area contributed by atoms with Gasteiger partial charge in [-0.2, -0.15) is 0 Å². The summed E-state index contributed by atoms with van der Waals surface area (Å²) in [6.45, 7) is 9.92. The molecule has 1 amide bonds. The summed E-state index contributed by atoms with van der Waals surface area (Å²) < 4.78 is 35.5. The Labute approximate surface area is 244 Å². The number of aryl methyl sites for hydroxylation is 1. The Bertz CT molecular complexity index is 1410. The highest BCUT2D eigenvalue weighted by Crippen LogP contribution is 2.36. The van der Waals surface area contributed by atoms with Gasteiger partial charge in [-0.1, -0.05) is 18.5 Å². The number of nitrogens with zero attached hydrogens (tertiary/aromatic N) is 5. The normalized spacial score (nSPS) is 19.9. The molecule has 0 radical (unpaired) electrons. The van der Waals surface area contributed by atoms with Crippen LogP contribution in [0.15, 0.2) is 36.7 Å². The largest absolute Gasteiger partial charge is 0.378 e. The number of ether oxygens (including phenoxy) is 1. The number of nitrogens with one attached hydrogen (secondary N) is 1. The summed E-state index contributed by atoms with van der Waals surface area (Å²) >= 11 is 6.10. The Morgan fingerprint density at radius 3 is 2.34 bits per heavy atom. The third-order valence-corrected chi connectivity index (χ3v) is 8.30. The summed E-state index contributed by atoms with van der Waals surface area (Å²) in [5.74, 6) is -0.882. The molecular formula is C30H35ClF2N6O2. The number of carbonyl (C=O) groups excluding carboxylic acids is 1. The number of hydrogen-bond acceptors (Lipinski definition) is 7. The van der Waals surface area contributed by atoms with Crippen LogP contribution in [0.4, 0.5) is 26.1 Å². The van der Waals surface area contributed by atoms with E-state index in [1.807, 2.05) is 4.90 Å². The van der Waals surface area contributed by atoms with Crippen molar-refractivity contribution in [2.24, 2.45) is 0 Å². The molecule has 0 aliphatic carbocycles. The maximum atomic E-state index is 15.8. The zero-order valence-electron chi connectivity index (χ0n) is 23.8. The molecule has 11 heteroatoms. The molecule has 2 atom stereocenters. The topological polar surface area (TPSA) is 73.8 Å². The molecule has 218 valence electrons. The van der Waals surface area contributed by atoms with E-state index >= 15 is 4.39 Å². The van der Waals surface area contributed by atoms with Crippen LogP contribution in [0, 0.1) is 11.6 Å². The number of piperazine rings is 1. The third kappa shape index (κ3) is 6.14. The van der Waals surface area contributed by atoms with Gasteiger partial charge in [0.25, 0.3) is 5.91 Å². The highest BCUT2D eigenvalue weighted by molar-refractivity contribution is 6.31. The van der Waals surface area contributed by atoms with Gasteiger partial charge in [0.2, 0.25) is 5.95 Å². The van der Waals surface area contributed by atoms with Crippen molar-refractivity contribution >= 4 is 34.8 Å². The lowest BCUT2D eigenvalue weighted by Crippen LogP contribution is -2.55. The minimum absolute atomic E-state index is 0.117. The van der Waals surface area contributed by atoms with Crippen LogP contribution in [0.3, 0.4) is 0 Å². The first-order chi connectivity index (χ1) is 19.7. The Morgan fingerprint density at radius 2 is 1.71 bits per heavy atom. The molecule has 2 fully saturated rings. The number of amides is 1. The van der Waals surface area contributed by atoms with Gasteiger partial charge in [-0.05, 0) is 57.1 Å². The fraction of sp³-hybridized carbons (Fsp3) is 0.433. The zero-order chi connectivity index (χ0) is 29.3. The van der Waals surface area contributed by atoms with E-state index in [-0.39, 0.29) is 28.2 Å². The average Bonchev–Trinajstić information content (AvgIpc) is 2.98. The molecule has 2 aliphatic heterocycles. The molecule has 2 saturated heterocycles. The van der Waals surface area contributed by atoms with E-state index in [0.29, 0.717) is 74.3 Å². The van der Waals surface area contributed by atoms with Crippen LogP contribution < -0.4 is 15.1 Å². The van der Waals surface area contributed by atoms with Gasteiger partial charge in [0.05, 0.1) is 29.6 Å². The second kappa shape index (κ2) is 12.3. The maximum Gasteiger partial charge on any atom is 0.255 e. The molecule has 1 N–H and O–H groups in total. The number of morpholine rings is 1. The van der Waals surface area contributed by atoms with Crippen LogP contribution in [-0.2, 0) is 11.2 Å². The number of halogens is 3. The van der Waals surface area contributed by atoms with Gasteiger partial charge in [0.1, 0.15) is 11.6 Å². The van der Waals surface area contributed by atoms with Crippen molar-refractivity contribution in [3.05, 3.63) is 64.4 Å². The first-order valence-corrected chi connectivity index (χ1v) is 14.3. The predicted molar refractivity (Wildman–Crippen MR) is 158 cm³/mol. The number of anilines is 3. The van der Waals surface area contributed by atoms with E-state index in [4.69, 9.17) is 16.3 Å². The van der Waals surface area contributed by atoms with Crippen molar-refractivity contribution in [1.82, 2.24) is 14.9 Å². The summed E-state index contributed by atoms with van der Waals surface area (Å²) in [6, 6.07) is 6.32. The Hall–Kier alpha value is -3.34. The van der Waals surface area contributed by atoms with E-state index in [9.17, 15) is 9.18 Å². The Balaban J connectivity index is 1.52. The second-order valence-corrected chi connectivity index (χ2v) is 11.1. The molecule has 0 unspecified atom stereocenters. The van der Waals surface area contributed by atoms with Crippen LogP contribution in [0.1, 0.15) is 36.7 Å². The van der Waals surface area contributed by atoms with Crippen LogP contribution >= 0.6 is 11.6 Å². The number of benzene rings is 2. The molecule has 8 nitrogen and oxygen atoms in total. The van der Waals surface area contributed by atoms with Crippen LogP contribution in [-0.4, -0.2) is 79.3 Å². The van der Waals surface area contributed by atoms with Crippen LogP contribution in [0.5, 0.6) is 0 Å². The Morgan fingerprint density at radius 1 is 1.05 bits per heavy atom. The third-order valence-electron chi connectivity index (χ3n) is 8.02. The summed E-state index contributed by atoms with van der Waals surface area (Å²) in [7, 11) is 2.07. The molecule has 1 aromatic heterocycles. The highest BCUT2D eigenvalue weighted by atomic mass is 35.5. The monoisotopic (exact) mass is 584 g/mol. The lowest BCUT2D eigenvalue weighted by Gasteiger charge is -2.44. The standard InChI is InChI=1S/C30H35ClF2N6O2/c1-5-20-10-21(11-24(31)28(20)33)29(40)36-26-12-23(22-14-34-30(35-15-22)38-6-8-41-9-7-38)25(32)13-27(26)39-16-18(2)37(4)19(3)17-39/h10-15,18-19H,5-9,16-17H2,1-4H3,(H,36,40)/t18-,19+. The fourth-order valence-electron chi connectivity index (χ4n) is 5.36. The number of hydrogen-bond donors (Lipinski definition) is 1. The van der Waals surface area contributed by atoms with Crippen molar-refractivity contribution in [3.63, 3.8) is 0 Å². The van der Waals surface area contributed by atoms with Crippen molar-refractivity contribution in [3.8, 4) is 11.1 Å². The maximum absolute atomic E-state index is 15.8. The predicted octanol–water partition coefficient (Wildman–Crippen LogP) is 5.26. The molecule has 0 spiro atoms. The molecule has 0 bridgehead atoms. The summed E-state index contributed by atoms with van der Waals surface area (Å²) in [6.07, 6.45) is 3.57. The van der Waals surface area contributed by atoms with E-state index in [2.05, 4.69) is 46.0 Å². The summed E-state index contributed by atoms with van der Waals surface area (Å²) in [5, 5.41) is 2.84. The van der Waals surface area contributed by atoms with Crippen LogP contribution in [0.25, 0.3) is 11.1 Å². The van der Waals surface area contributed by atoms with Crippen molar-refractivity contribution in [1.29, 1.82) is 0 Å². The number of likely N-dealkylation sites (N-methyl/N-ethyl adjacent to an activating group) is 1. The average molecular weight is 585 g/mol. The van der Waals surface area contributed by atoms with E-state index in [0.717, 1.165) is 0 Å². The number of rotatable bonds is 6. The molecule has 2 aliphatic rings. The van der Waals surface area contributed by atoms with Gasteiger partial charge in [0, 0.05) is 67.3 Å². The van der Waals surface area contributed by atoms with Gasteiger partial charge in [-0.25, -0.2) is 18.7 Å². The molecule has 3 heterocycles. The molecule has 41 heavy (non-hydrogen) atoms. The minimum atomic E-state index is -0.531. The smallest absolute Gasteiger partial charge is 0.255 e. The van der Waals surface area contributed by atoms with Gasteiger partial charge in [-0.3, -0.25) is 9.69 Å². The second-order valence-electron chi connectivity index (χ2n) is 10.7. The highest BCUT2D eigenvalue weighted by Gasteiger charge is 2.29. The summed E-state index contributed by atoms with van der Waals surface area (Å²) in [4.78, 5) is 28.8. The SMILES string of the molecule is CCc1cc(C(=O)Nc2cc(-c3cnc(N4CCOCC4)nc3)c(F)cc2N2C[C@@H](C)N(C)[C@@H](C)C2)cc(Cl)c1F. The molecule has 2 aromatic carbocycles. The zero-order valence-corrected chi connectivity index (χ0v) is 24.5. The van der Waals surface area contributed by atoms with Crippen LogP contribution in [0.2, 0.25) is 5.02 Å².